The minimum atomic E-state index is -3.77. The Hall–Kier alpha value is -2.66. The van der Waals surface area contributed by atoms with Gasteiger partial charge in [-0.2, -0.15) is 12.8 Å². The molecule has 124 valence electrons. The minimum Gasteiger partial charge on any atom is -0.358 e. The molecule has 0 aliphatic carbocycles. The summed E-state index contributed by atoms with van der Waals surface area (Å²) in [5.74, 6) is 0. The van der Waals surface area contributed by atoms with E-state index in [2.05, 4.69) is 29.1 Å². The molecule has 0 atom stereocenters. The number of allylic oxidation sites excluding steroid dienone is 6. The van der Waals surface area contributed by atoms with Gasteiger partial charge < -0.3 is 4.98 Å². The quantitative estimate of drug-likeness (QED) is 0.868. The first-order chi connectivity index (χ1) is 11.4. The van der Waals surface area contributed by atoms with Crippen molar-refractivity contribution in [3.05, 3.63) is 83.1 Å². The Morgan fingerprint density at radius 1 is 1.12 bits per heavy atom. The summed E-state index contributed by atoms with van der Waals surface area (Å²) in [6.07, 6.45) is 11.6. The number of nitrogens with one attached hydrogen (secondary N) is 1. The molecule has 24 heavy (non-hydrogen) atoms. The molecule has 1 aliphatic rings. The number of aromatic amines is 1. The Morgan fingerprint density at radius 3 is 2.33 bits per heavy atom. The molecular weight excluding hydrogens is 320 g/mol. The SMILES string of the molecule is C=C/C=C1/C(c2c(C)[nH]c(/C=C\C)c2C=C)=NS(=O)(=O)/C1=C/C=C. The number of aromatic nitrogens is 1. The Labute approximate surface area is 143 Å². The fourth-order valence-electron chi connectivity index (χ4n) is 2.70. The van der Waals surface area contributed by atoms with E-state index in [0.29, 0.717) is 11.3 Å². The van der Waals surface area contributed by atoms with E-state index in [1.165, 1.54) is 12.2 Å². The first-order valence-electron chi connectivity index (χ1n) is 7.40. The summed E-state index contributed by atoms with van der Waals surface area (Å²) in [5, 5.41) is 0. The average Bonchev–Trinajstić information content (AvgIpc) is 2.96. The number of nitrogens with zero attached hydrogens (tertiary/aromatic N) is 1. The highest BCUT2D eigenvalue weighted by Crippen LogP contribution is 2.35. The van der Waals surface area contributed by atoms with E-state index in [0.717, 1.165) is 22.5 Å². The number of hydrogen-bond acceptors (Lipinski definition) is 2. The molecule has 2 rings (SSSR count). The average molecular weight is 340 g/mol. The molecule has 0 bridgehead atoms. The van der Waals surface area contributed by atoms with Crippen molar-refractivity contribution in [2.24, 2.45) is 4.40 Å². The van der Waals surface area contributed by atoms with Crippen molar-refractivity contribution in [2.45, 2.75) is 13.8 Å². The summed E-state index contributed by atoms with van der Waals surface area (Å²) in [4.78, 5) is 3.37. The molecule has 0 radical (unpaired) electrons. The lowest BCUT2D eigenvalue weighted by Gasteiger charge is -2.05. The largest absolute Gasteiger partial charge is 0.358 e. The van der Waals surface area contributed by atoms with E-state index in [9.17, 15) is 8.42 Å². The van der Waals surface area contributed by atoms with Crippen molar-refractivity contribution in [2.75, 3.05) is 0 Å². The molecule has 4 nitrogen and oxygen atoms in total. The second kappa shape index (κ2) is 6.84. The molecule has 2 heterocycles. The molecule has 0 aromatic carbocycles. The first-order valence-corrected chi connectivity index (χ1v) is 8.84. The van der Waals surface area contributed by atoms with Crippen LogP contribution >= 0.6 is 0 Å². The maximum Gasteiger partial charge on any atom is 0.283 e. The summed E-state index contributed by atoms with van der Waals surface area (Å²) in [6, 6.07) is 0. The van der Waals surface area contributed by atoms with Gasteiger partial charge in [0.25, 0.3) is 10.0 Å². The van der Waals surface area contributed by atoms with Crippen LogP contribution in [0.4, 0.5) is 0 Å². The van der Waals surface area contributed by atoms with Crippen LogP contribution in [0.2, 0.25) is 0 Å². The van der Waals surface area contributed by atoms with Gasteiger partial charge in [0.1, 0.15) is 0 Å². The van der Waals surface area contributed by atoms with Gasteiger partial charge in [0.2, 0.25) is 0 Å². The van der Waals surface area contributed by atoms with Crippen LogP contribution < -0.4 is 0 Å². The molecule has 1 aromatic heterocycles. The highest BCUT2D eigenvalue weighted by atomic mass is 32.2. The van der Waals surface area contributed by atoms with Crippen LogP contribution in [0.1, 0.15) is 29.4 Å². The zero-order valence-electron chi connectivity index (χ0n) is 13.8. The standard InChI is InChI=1S/C19H20N2O2S/c1-6-10-15-17(12-8-3)24(22,23)21-19(15)18-13(5)20-16(11-7-2)14(18)9-4/h6-12,20H,1,3-4H2,2,5H3/b11-7-,15-10+,17-12+. The van der Waals surface area contributed by atoms with Gasteiger partial charge in [-0.1, -0.05) is 50.1 Å². The van der Waals surface area contributed by atoms with Gasteiger partial charge in [-0.05, 0) is 26.0 Å². The van der Waals surface area contributed by atoms with Crippen LogP contribution in [-0.2, 0) is 10.0 Å². The summed E-state index contributed by atoms with van der Waals surface area (Å²) < 4.78 is 28.9. The summed E-state index contributed by atoms with van der Waals surface area (Å²) in [6.45, 7) is 14.9. The lowest BCUT2D eigenvalue weighted by atomic mass is 9.97. The van der Waals surface area contributed by atoms with E-state index in [-0.39, 0.29) is 4.91 Å². The lowest BCUT2D eigenvalue weighted by Crippen LogP contribution is -2.04. The smallest absolute Gasteiger partial charge is 0.283 e. The van der Waals surface area contributed by atoms with E-state index in [4.69, 9.17) is 0 Å². The third kappa shape index (κ3) is 2.90. The Morgan fingerprint density at radius 2 is 1.79 bits per heavy atom. The molecule has 1 aromatic rings. The predicted molar refractivity (Wildman–Crippen MR) is 102 cm³/mol. The minimum absolute atomic E-state index is 0.121. The normalized spacial score (nSPS) is 19.8. The second-order valence-electron chi connectivity index (χ2n) is 5.15. The molecule has 0 spiro atoms. The number of rotatable bonds is 5. The van der Waals surface area contributed by atoms with Crippen LogP contribution in [0.3, 0.4) is 0 Å². The van der Waals surface area contributed by atoms with Crippen molar-refractivity contribution in [3.8, 4) is 0 Å². The van der Waals surface area contributed by atoms with E-state index >= 15 is 0 Å². The Bertz CT molecular complexity index is 936. The van der Waals surface area contributed by atoms with Gasteiger partial charge in [-0.25, -0.2) is 0 Å². The number of sulfonamides is 1. The van der Waals surface area contributed by atoms with Gasteiger partial charge in [-0.3, -0.25) is 0 Å². The zero-order valence-corrected chi connectivity index (χ0v) is 14.7. The molecular formula is C19H20N2O2S. The van der Waals surface area contributed by atoms with Crippen LogP contribution in [-0.4, -0.2) is 19.1 Å². The molecule has 1 aliphatic heterocycles. The van der Waals surface area contributed by atoms with Crippen LogP contribution in [0.25, 0.3) is 12.2 Å². The van der Waals surface area contributed by atoms with Crippen LogP contribution in [0.5, 0.6) is 0 Å². The summed E-state index contributed by atoms with van der Waals surface area (Å²) in [5.41, 5.74) is 4.11. The summed E-state index contributed by atoms with van der Waals surface area (Å²) in [7, 11) is -3.77. The van der Waals surface area contributed by atoms with Gasteiger partial charge >= 0.3 is 0 Å². The maximum absolute atomic E-state index is 12.4. The van der Waals surface area contributed by atoms with Gasteiger partial charge in [0.05, 0.1) is 10.6 Å². The molecule has 0 saturated heterocycles. The fraction of sp³-hybridized carbons (Fsp3) is 0.105. The van der Waals surface area contributed by atoms with E-state index < -0.39 is 10.0 Å². The summed E-state index contributed by atoms with van der Waals surface area (Å²) >= 11 is 0. The lowest BCUT2D eigenvalue weighted by molar-refractivity contribution is 0.605. The third-order valence-corrected chi connectivity index (χ3v) is 4.93. The second-order valence-corrected chi connectivity index (χ2v) is 6.73. The monoisotopic (exact) mass is 340 g/mol. The van der Waals surface area contributed by atoms with Crippen LogP contribution in [0.15, 0.2) is 65.0 Å². The zero-order chi connectivity index (χ0) is 17.9. The topological polar surface area (TPSA) is 62.3 Å². The molecule has 0 fully saturated rings. The van der Waals surface area contributed by atoms with E-state index in [1.54, 1.807) is 18.2 Å². The van der Waals surface area contributed by atoms with E-state index in [1.807, 2.05) is 26.0 Å². The molecule has 0 amide bonds. The highest BCUT2D eigenvalue weighted by molar-refractivity contribution is 7.95. The number of H-pyrrole nitrogens is 1. The predicted octanol–water partition coefficient (Wildman–Crippen LogP) is 4.31. The van der Waals surface area contributed by atoms with Gasteiger partial charge in [0.15, 0.2) is 0 Å². The van der Waals surface area contributed by atoms with Crippen molar-refractivity contribution in [1.29, 1.82) is 0 Å². The van der Waals surface area contributed by atoms with Crippen molar-refractivity contribution in [3.63, 3.8) is 0 Å². The molecule has 0 unspecified atom stereocenters. The van der Waals surface area contributed by atoms with Crippen LogP contribution in [0, 0.1) is 6.92 Å². The Kier molecular flexibility index (Phi) is 5.04. The molecule has 0 saturated carbocycles. The number of hydrogen-bond donors (Lipinski definition) is 1. The third-order valence-electron chi connectivity index (χ3n) is 3.59. The first kappa shape index (κ1) is 17.7. The maximum atomic E-state index is 12.4. The molecule has 1 N–H and O–H groups in total. The van der Waals surface area contributed by atoms with Gasteiger partial charge in [0, 0.05) is 28.1 Å². The fourth-order valence-corrected chi connectivity index (χ4v) is 3.94. The van der Waals surface area contributed by atoms with Gasteiger partial charge in [-0.15, -0.1) is 0 Å². The van der Waals surface area contributed by atoms with Crippen molar-refractivity contribution in [1.82, 2.24) is 4.98 Å². The molecule has 5 heteroatoms. The van der Waals surface area contributed by atoms with Crippen molar-refractivity contribution < 1.29 is 8.42 Å². The Balaban J connectivity index is 2.84. The van der Waals surface area contributed by atoms with Crippen molar-refractivity contribution >= 4 is 27.9 Å². The number of aryl methyl sites for hydroxylation is 1. The highest BCUT2D eigenvalue weighted by Gasteiger charge is 2.34.